The van der Waals surface area contributed by atoms with Gasteiger partial charge in [-0.05, 0) is 66.9 Å². The number of hydrogen-bond donors (Lipinski definition) is 2. The molecule has 0 atom stereocenters. The zero-order valence-corrected chi connectivity index (χ0v) is 16.7. The fourth-order valence-electron chi connectivity index (χ4n) is 3.36. The van der Waals surface area contributed by atoms with Gasteiger partial charge in [-0.3, -0.25) is 4.79 Å². The average Bonchev–Trinajstić information content (AvgIpc) is 2.75. The van der Waals surface area contributed by atoms with Crippen molar-refractivity contribution in [3.05, 3.63) is 77.5 Å². The van der Waals surface area contributed by atoms with Crippen LogP contribution in [0, 0.1) is 0 Å². The highest BCUT2D eigenvalue weighted by atomic mass is 19.4. The van der Waals surface area contributed by atoms with Crippen LogP contribution in [0.1, 0.15) is 34.3 Å². The van der Waals surface area contributed by atoms with Crippen LogP contribution in [0.25, 0.3) is 0 Å². The van der Waals surface area contributed by atoms with Crippen LogP contribution < -0.4 is 15.4 Å². The smallest absolute Gasteiger partial charge is 0.416 e. The molecule has 32 heavy (non-hydrogen) atoms. The van der Waals surface area contributed by atoms with Crippen LogP contribution in [-0.4, -0.2) is 16.8 Å². The van der Waals surface area contributed by atoms with Crippen molar-refractivity contribution >= 4 is 23.2 Å². The van der Waals surface area contributed by atoms with E-state index in [0.717, 1.165) is 36.1 Å². The predicted molar refractivity (Wildman–Crippen MR) is 112 cm³/mol. The Morgan fingerprint density at radius 2 is 1.66 bits per heavy atom. The number of hydrogen-bond acceptors (Lipinski definition) is 4. The number of pyridine rings is 1. The normalized spacial score (nSPS) is 13.3. The first-order chi connectivity index (χ1) is 15.3. The van der Waals surface area contributed by atoms with E-state index in [9.17, 15) is 22.8 Å². The minimum atomic E-state index is -4.44. The molecule has 0 fully saturated rings. The molecule has 9 heteroatoms. The lowest BCUT2D eigenvalue weighted by atomic mass is 9.91. The lowest BCUT2D eigenvalue weighted by Crippen LogP contribution is -2.19. The fourth-order valence-corrected chi connectivity index (χ4v) is 3.36. The number of Topliss-reactive ketones (excluding diaryl/α,β-unsaturated/α-hetero) is 1. The Morgan fingerprint density at radius 3 is 2.34 bits per heavy atom. The van der Waals surface area contributed by atoms with Crippen LogP contribution in [0.5, 0.6) is 11.6 Å². The zero-order chi connectivity index (χ0) is 22.7. The molecule has 1 aliphatic rings. The summed E-state index contributed by atoms with van der Waals surface area (Å²) in [7, 11) is 0. The van der Waals surface area contributed by atoms with Crippen molar-refractivity contribution in [2.45, 2.75) is 25.4 Å². The summed E-state index contributed by atoms with van der Waals surface area (Å²) in [5, 5.41) is 5.00. The second-order valence-electron chi connectivity index (χ2n) is 7.24. The summed E-state index contributed by atoms with van der Waals surface area (Å²) in [6.07, 6.45) is -0.836. The Kier molecular flexibility index (Phi) is 5.81. The molecule has 2 N–H and O–H groups in total. The number of rotatable bonds is 4. The highest BCUT2D eigenvalue weighted by Crippen LogP contribution is 2.30. The minimum absolute atomic E-state index is 0.140. The Hall–Kier alpha value is -3.88. The van der Waals surface area contributed by atoms with Crippen LogP contribution in [0.15, 0.2) is 60.8 Å². The topological polar surface area (TPSA) is 80.3 Å². The third-order valence-corrected chi connectivity index (χ3v) is 4.91. The minimum Gasteiger partial charge on any atom is -0.439 e. The van der Waals surface area contributed by atoms with E-state index in [1.54, 1.807) is 24.3 Å². The quantitative estimate of drug-likeness (QED) is 0.516. The number of ketones is 1. The van der Waals surface area contributed by atoms with Gasteiger partial charge in [0.15, 0.2) is 5.78 Å². The molecule has 0 radical (unpaired) electrons. The summed E-state index contributed by atoms with van der Waals surface area (Å²) >= 11 is 0. The first-order valence-corrected chi connectivity index (χ1v) is 9.83. The van der Waals surface area contributed by atoms with E-state index >= 15 is 0 Å². The van der Waals surface area contributed by atoms with Crippen molar-refractivity contribution in [1.82, 2.24) is 4.98 Å². The summed E-state index contributed by atoms with van der Waals surface area (Å²) in [4.78, 5) is 28.1. The molecule has 3 aromatic rings. The predicted octanol–water partition coefficient (Wildman–Crippen LogP) is 6.06. The summed E-state index contributed by atoms with van der Waals surface area (Å²) in [5.74, 6) is 1.01. The van der Waals surface area contributed by atoms with Crippen LogP contribution in [0.4, 0.5) is 29.3 Å². The van der Waals surface area contributed by atoms with Crippen molar-refractivity contribution in [2.75, 3.05) is 10.6 Å². The summed E-state index contributed by atoms with van der Waals surface area (Å²) in [5.41, 5.74) is 1.48. The highest BCUT2D eigenvalue weighted by molar-refractivity contribution is 5.99. The average molecular weight is 441 g/mol. The molecule has 0 unspecified atom stereocenters. The summed E-state index contributed by atoms with van der Waals surface area (Å²) < 4.78 is 43.5. The number of nitrogens with zero attached hydrogens (tertiary/aromatic N) is 1. The van der Waals surface area contributed by atoms with Crippen LogP contribution >= 0.6 is 0 Å². The molecule has 1 aromatic heterocycles. The number of urea groups is 1. The SMILES string of the molecule is O=C(Nc1ccc(C(F)(F)F)cc1)Nc1ccc(Oc2ccc3c(c2)CCCC3=O)nc1. The molecule has 2 aromatic carbocycles. The number of nitrogens with one attached hydrogen (secondary N) is 2. The maximum atomic E-state index is 12.6. The summed E-state index contributed by atoms with van der Waals surface area (Å²) in [6.45, 7) is 0. The van der Waals surface area contributed by atoms with Crippen molar-refractivity contribution in [2.24, 2.45) is 0 Å². The van der Waals surface area contributed by atoms with Crippen molar-refractivity contribution < 1.29 is 27.5 Å². The Bertz CT molecular complexity index is 1140. The van der Waals surface area contributed by atoms with Crippen molar-refractivity contribution in [1.29, 1.82) is 0 Å². The molecular weight excluding hydrogens is 423 g/mol. The molecule has 0 spiro atoms. The van der Waals surface area contributed by atoms with Crippen molar-refractivity contribution in [3.8, 4) is 11.6 Å². The number of amides is 2. The molecule has 0 aliphatic heterocycles. The van der Waals surface area contributed by atoms with Crippen LogP contribution in [0.2, 0.25) is 0 Å². The molecule has 6 nitrogen and oxygen atoms in total. The largest absolute Gasteiger partial charge is 0.439 e. The van der Waals surface area contributed by atoms with Gasteiger partial charge in [0.05, 0.1) is 17.4 Å². The van der Waals surface area contributed by atoms with Gasteiger partial charge in [-0.1, -0.05) is 0 Å². The number of anilines is 2. The molecule has 164 valence electrons. The fraction of sp³-hybridized carbons (Fsp3) is 0.174. The Labute approximate surface area is 181 Å². The molecule has 0 bridgehead atoms. The number of fused-ring (bicyclic) bond motifs is 1. The van der Waals surface area contributed by atoms with Gasteiger partial charge in [0, 0.05) is 23.7 Å². The molecule has 1 aliphatic carbocycles. The zero-order valence-electron chi connectivity index (χ0n) is 16.7. The van der Waals surface area contributed by atoms with Crippen molar-refractivity contribution in [3.63, 3.8) is 0 Å². The molecule has 1 heterocycles. The van der Waals surface area contributed by atoms with Gasteiger partial charge in [-0.25, -0.2) is 9.78 Å². The third-order valence-electron chi connectivity index (χ3n) is 4.91. The monoisotopic (exact) mass is 441 g/mol. The molecule has 2 amide bonds. The van der Waals surface area contributed by atoms with Gasteiger partial charge in [-0.2, -0.15) is 13.2 Å². The van der Waals surface area contributed by atoms with Gasteiger partial charge in [0.1, 0.15) is 5.75 Å². The number of benzene rings is 2. The Balaban J connectivity index is 1.34. The second kappa shape index (κ2) is 8.70. The molecular formula is C23H18F3N3O3. The lowest BCUT2D eigenvalue weighted by Gasteiger charge is -2.15. The first-order valence-electron chi connectivity index (χ1n) is 9.83. The first kappa shape index (κ1) is 21.4. The highest BCUT2D eigenvalue weighted by Gasteiger charge is 2.30. The van der Waals surface area contributed by atoms with Gasteiger partial charge < -0.3 is 15.4 Å². The number of halogens is 3. The number of ether oxygens (including phenoxy) is 1. The van der Waals surface area contributed by atoms with Crippen LogP contribution in [0.3, 0.4) is 0 Å². The van der Waals surface area contributed by atoms with E-state index in [1.165, 1.54) is 18.3 Å². The van der Waals surface area contributed by atoms with E-state index in [1.807, 2.05) is 6.07 Å². The molecule has 0 saturated heterocycles. The number of carbonyl (C=O) groups excluding carboxylic acids is 2. The second-order valence-corrected chi connectivity index (χ2v) is 7.24. The third kappa shape index (κ3) is 5.05. The van der Waals surface area contributed by atoms with E-state index in [2.05, 4.69) is 15.6 Å². The maximum Gasteiger partial charge on any atom is 0.416 e. The van der Waals surface area contributed by atoms with E-state index in [0.29, 0.717) is 23.7 Å². The number of carbonyl (C=O) groups is 2. The summed E-state index contributed by atoms with van der Waals surface area (Å²) in [6, 6.07) is 11.9. The standard InChI is InChI=1S/C23H18F3N3O3/c24-23(25,26)15-4-6-16(7-5-15)28-22(31)29-17-8-11-21(27-13-17)32-18-9-10-19-14(12-18)2-1-3-20(19)30/h4-13H,1-3H2,(H2,28,29,31). The van der Waals surface area contributed by atoms with Gasteiger partial charge in [0.25, 0.3) is 0 Å². The van der Waals surface area contributed by atoms with Gasteiger partial charge in [-0.15, -0.1) is 0 Å². The lowest BCUT2D eigenvalue weighted by molar-refractivity contribution is -0.137. The maximum absolute atomic E-state index is 12.6. The van der Waals surface area contributed by atoms with E-state index in [-0.39, 0.29) is 11.5 Å². The molecule has 4 rings (SSSR count). The molecule has 0 saturated carbocycles. The van der Waals surface area contributed by atoms with Crippen LogP contribution in [-0.2, 0) is 12.6 Å². The van der Waals surface area contributed by atoms with Gasteiger partial charge in [0.2, 0.25) is 5.88 Å². The van der Waals surface area contributed by atoms with E-state index < -0.39 is 17.8 Å². The Morgan fingerprint density at radius 1 is 0.938 bits per heavy atom. The van der Waals surface area contributed by atoms with Gasteiger partial charge >= 0.3 is 12.2 Å². The number of alkyl halides is 3. The van der Waals surface area contributed by atoms with E-state index in [4.69, 9.17) is 4.74 Å². The number of aromatic nitrogens is 1. The number of aryl methyl sites for hydroxylation is 1.